The van der Waals surface area contributed by atoms with Gasteiger partial charge in [-0.05, 0) is 43.3 Å². The molecule has 7 atom stereocenters. The van der Waals surface area contributed by atoms with Gasteiger partial charge in [0.25, 0.3) is 5.56 Å². The number of phosphoric ester groups is 1. The zero-order chi connectivity index (χ0) is 33.2. The van der Waals surface area contributed by atoms with Crippen molar-refractivity contribution in [3.05, 3.63) is 92.3 Å². The van der Waals surface area contributed by atoms with Crippen LogP contribution in [0, 0.1) is 18.8 Å². The lowest BCUT2D eigenvalue weighted by Crippen LogP contribution is -2.38. The first-order chi connectivity index (χ1) is 21.0. The normalized spacial score (nSPS) is 23.6. The Balaban J connectivity index is 1.43. The van der Waals surface area contributed by atoms with Crippen molar-refractivity contribution in [2.45, 2.75) is 31.5 Å². The van der Waals surface area contributed by atoms with E-state index in [1.807, 2.05) is 11.9 Å². The van der Waals surface area contributed by atoms with Crippen LogP contribution in [0.4, 0.5) is 0 Å². The van der Waals surface area contributed by atoms with Gasteiger partial charge in [-0.3, -0.25) is 23.4 Å². The number of H-pyrrole nitrogens is 1. The van der Waals surface area contributed by atoms with E-state index in [-0.39, 0.29) is 11.3 Å². The van der Waals surface area contributed by atoms with Gasteiger partial charge in [0.15, 0.2) is 6.23 Å². The van der Waals surface area contributed by atoms with Crippen molar-refractivity contribution >= 4 is 28.5 Å². The van der Waals surface area contributed by atoms with Crippen LogP contribution in [0.3, 0.4) is 0 Å². The molecule has 0 saturated carbocycles. The van der Waals surface area contributed by atoms with Crippen molar-refractivity contribution in [3.63, 3.8) is 0 Å². The topological polar surface area (TPSA) is 253 Å². The third kappa shape index (κ3) is 8.75. The van der Waals surface area contributed by atoms with E-state index < -0.39 is 70.9 Å². The van der Waals surface area contributed by atoms with Crippen LogP contribution in [0.1, 0.15) is 22.9 Å². The summed E-state index contributed by atoms with van der Waals surface area (Å²) in [7, 11) is -15.0. The van der Waals surface area contributed by atoms with Gasteiger partial charge in [0, 0.05) is 11.8 Å². The molecule has 4 rings (SSSR count). The number of rotatable bonds is 10. The lowest BCUT2D eigenvalue weighted by molar-refractivity contribution is -0.0542. The number of nitrogens with one attached hydrogen (secondary N) is 1. The molecule has 17 nitrogen and oxygen atoms in total. The van der Waals surface area contributed by atoms with Gasteiger partial charge in [-0.25, -0.2) is 18.2 Å². The van der Waals surface area contributed by atoms with Crippen LogP contribution in [0.2, 0.25) is 0 Å². The van der Waals surface area contributed by atoms with E-state index in [9.17, 15) is 48.2 Å². The van der Waals surface area contributed by atoms with E-state index in [1.165, 1.54) is 19.2 Å². The fourth-order valence-electron chi connectivity index (χ4n) is 3.93. The SMILES string of the molecule is COc1ccc(P(=O)(O)OP(=O)(O)OP(=O)(O)OC[C@H]2O[C@@H](n3cc(C#Cc4ccc(C)cc4)c(=O)[nH]c3=O)C(O)[C@H]2O)cc1. The first-order valence-corrected chi connectivity index (χ1v) is 17.2. The first-order valence-electron chi connectivity index (χ1n) is 12.7. The second kappa shape index (κ2) is 13.7. The molecule has 0 radical (unpaired) electrons. The van der Waals surface area contributed by atoms with Crippen molar-refractivity contribution in [2.75, 3.05) is 13.7 Å². The van der Waals surface area contributed by atoms with Gasteiger partial charge in [0.05, 0.1) is 19.0 Å². The summed E-state index contributed by atoms with van der Waals surface area (Å²) in [5, 5.41) is 20.5. The lowest BCUT2D eigenvalue weighted by Gasteiger charge is -2.20. The molecule has 1 fully saturated rings. The summed E-state index contributed by atoms with van der Waals surface area (Å²) in [6.45, 7) is 0.819. The van der Waals surface area contributed by atoms with E-state index >= 15 is 0 Å². The van der Waals surface area contributed by atoms with Gasteiger partial charge in [-0.15, -0.1) is 0 Å². The number of aliphatic hydroxyl groups excluding tert-OH is 2. The molecule has 20 heteroatoms. The van der Waals surface area contributed by atoms with Gasteiger partial charge in [0.1, 0.15) is 29.6 Å². The van der Waals surface area contributed by atoms with Gasteiger partial charge in [-0.1, -0.05) is 29.5 Å². The van der Waals surface area contributed by atoms with Crippen LogP contribution in [0.25, 0.3) is 0 Å². The number of benzene rings is 2. The number of methoxy groups -OCH3 is 1. The maximum Gasteiger partial charge on any atom is 0.488 e. The van der Waals surface area contributed by atoms with Gasteiger partial charge < -0.3 is 34.4 Å². The van der Waals surface area contributed by atoms with Crippen LogP contribution in [0.15, 0.2) is 64.3 Å². The van der Waals surface area contributed by atoms with E-state index in [0.29, 0.717) is 5.56 Å². The number of hydrogen-bond donors (Lipinski definition) is 6. The van der Waals surface area contributed by atoms with E-state index in [0.717, 1.165) is 28.5 Å². The molecule has 1 aromatic heterocycles. The van der Waals surface area contributed by atoms with Gasteiger partial charge in [0.2, 0.25) is 0 Å². The molecular formula is C25H27N2O15P3. The van der Waals surface area contributed by atoms with Gasteiger partial charge in [-0.2, -0.15) is 4.31 Å². The smallest absolute Gasteiger partial charge is 0.488 e. The average molecular weight is 688 g/mol. The lowest BCUT2D eigenvalue weighted by atomic mass is 10.1. The number of ether oxygens (including phenoxy) is 2. The first kappa shape index (κ1) is 34.7. The maximum absolute atomic E-state index is 12.5. The second-order valence-corrected chi connectivity index (χ2v) is 14.5. The quantitative estimate of drug-likeness (QED) is 0.126. The summed E-state index contributed by atoms with van der Waals surface area (Å²) in [5.41, 5.74) is -0.517. The Labute approximate surface area is 254 Å². The van der Waals surface area contributed by atoms with E-state index in [2.05, 4.69) is 25.0 Å². The molecule has 2 aromatic carbocycles. The van der Waals surface area contributed by atoms with Crippen molar-refractivity contribution in [1.29, 1.82) is 0 Å². The number of phosphoric acid groups is 2. The Morgan fingerprint density at radius 3 is 2.18 bits per heavy atom. The third-order valence-electron chi connectivity index (χ3n) is 6.19. The zero-order valence-corrected chi connectivity index (χ0v) is 26.0. The molecule has 6 N–H and O–H groups in total. The second-order valence-electron chi connectivity index (χ2n) is 9.49. The molecule has 0 aliphatic carbocycles. The molecule has 2 heterocycles. The molecule has 45 heavy (non-hydrogen) atoms. The summed E-state index contributed by atoms with van der Waals surface area (Å²) < 4.78 is 61.1. The highest BCUT2D eigenvalue weighted by atomic mass is 31.3. The predicted octanol–water partition coefficient (Wildman–Crippen LogP) is 0.634. The van der Waals surface area contributed by atoms with Gasteiger partial charge >= 0.3 is 28.9 Å². The predicted molar refractivity (Wildman–Crippen MR) is 155 cm³/mol. The fourth-order valence-corrected chi connectivity index (χ4v) is 7.91. The Hall–Kier alpha value is -3.19. The van der Waals surface area contributed by atoms with E-state index in [1.54, 1.807) is 24.3 Å². The monoisotopic (exact) mass is 688 g/mol. The number of aromatic nitrogens is 2. The molecule has 1 aliphatic rings. The van der Waals surface area contributed by atoms with E-state index in [4.69, 9.17) is 9.47 Å². The molecule has 4 unspecified atom stereocenters. The number of hydrogen-bond acceptors (Lipinski definition) is 12. The standard InChI is InChI=1S/C25H27N2O15P3/c1-15-3-5-16(6-4-15)7-8-17-13-27(25(31)26-23(17)30)24-22(29)21(28)20(40-24)14-39-44(34,35)42-45(36,37)41-43(32,33)19-11-9-18(38-2)10-12-19/h3-6,9-13,20-22,24,28-29H,14H2,1-2H3,(H,32,33)(H,34,35)(H,36,37)(H,26,30,31)/t20-,21+,22?,24-/m1/s1. The Bertz CT molecular complexity index is 1860. The van der Waals surface area contributed by atoms with Crippen molar-refractivity contribution in [3.8, 4) is 17.6 Å². The highest BCUT2D eigenvalue weighted by molar-refractivity contribution is 7.71. The third-order valence-corrected chi connectivity index (χ3v) is 11.0. The molecule has 242 valence electrons. The molecule has 1 saturated heterocycles. The molecular weight excluding hydrogens is 661 g/mol. The van der Waals surface area contributed by atoms with Crippen LogP contribution >= 0.6 is 23.2 Å². The fraction of sp³-hybridized carbons (Fsp3) is 0.280. The largest absolute Gasteiger partial charge is 0.497 e. The number of aliphatic hydroxyl groups is 2. The Morgan fingerprint density at radius 2 is 1.56 bits per heavy atom. The van der Waals surface area contributed by atoms with Crippen molar-refractivity contribution in [1.82, 2.24) is 9.55 Å². The van der Waals surface area contributed by atoms with Crippen LogP contribution in [-0.2, 0) is 31.6 Å². The molecule has 0 bridgehead atoms. The summed E-state index contributed by atoms with van der Waals surface area (Å²) in [4.78, 5) is 56.7. The average Bonchev–Trinajstić information content (AvgIpc) is 3.24. The maximum atomic E-state index is 12.5. The molecule has 3 aromatic rings. The van der Waals surface area contributed by atoms with Crippen LogP contribution in [0.5, 0.6) is 5.75 Å². The Morgan fingerprint density at radius 1 is 0.911 bits per heavy atom. The van der Waals surface area contributed by atoms with Crippen molar-refractivity contribution in [2.24, 2.45) is 0 Å². The summed E-state index contributed by atoms with van der Waals surface area (Å²) in [6.07, 6.45) is -5.97. The summed E-state index contributed by atoms with van der Waals surface area (Å²) >= 11 is 0. The summed E-state index contributed by atoms with van der Waals surface area (Å²) in [5.74, 6) is 5.65. The Kier molecular flexibility index (Phi) is 10.5. The number of aryl methyl sites for hydroxylation is 1. The number of nitrogens with zero attached hydrogens (tertiary/aromatic N) is 1. The minimum Gasteiger partial charge on any atom is -0.497 e. The minimum atomic E-state index is -5.74. The molecule has 0 spiro atoms. The van der Waals surface area contributed by atoms with Crippen molar-refractivity contribution < 1.29 is 61.2 Å². The number of aromatic amines is 1. The highest BCUT2D eigenvalue weighted by Gasteiger charge is 2.47. The molecule has 1 aliphatic heterocycles. The van der Waals surface area contributed by atoms with Crippen LogP contribution in [-0.4, -0.2) is 66.5 Å². The zero-order valence-electron chi connectivity index (χ0n) is 23.3. The molecule has 0 amide bonds. The summed E-state index contributed by atoms with van der Waals surface area (Å²) in [6, 6.07) is 11.6. The minimum absolute atomic E-state index is 0.192. The highest BCUT2D eigenvalue weighted by Crippen LogP contribution is 2.67. The van der Waals surface area contributed by atoms with Crippen LogP contribution < -0.4 is 21.3 Å².